The molecule has 2 aromatic rings. The summed E-state index contributed by atoms with van der Waals surface area (Å²) in [7, 11) is 1.40. The normalized spacial score (nSPS) is 13.7. The number of benzene rings is 2. The minimum atomic E-state index is -1.12. The Morgan fingerprint density at radius 1 is 1.03 bits per heavy atom. The number of fused-ring (bicyclic) bond motifs is 3. The lowest BCUT2D eigenvalue weighted by Gasteiger charge is -2.32. The smallest absolute Gasteiger partial charge is 0.407 e. The second kappa shape index (κ2) is 8.79. The molecule has 0 spiro atoms. The molecule has 2 aromatic carbocycles. The molecule has 1 unspecified atom stereocenters. The van der Waals surface area contributed by atoms with E-state index in [0.29, 0.717) is 0 Å². The van der Waals surface area contributed by atoms with Gasteiger partial charge in [0.1, 0.15) is 19.2 Å². The van der Waals surface area contributed by atoms with Gasteiger partial charge in [-0.15, -0.1) is 0 Å². The SMILES string of the molecule is CN(CC(=O)O)C(=O)C(NC(=O)OCC1c2ccccc2-c2ccccc21)C(C)(C)C. The van der Waals surface area contributed by atoms with Crippen LogP contribution in [0.15, 0.2) is 48.5 Å². The molecule has 7 heteroatoms. The molecule has 2 N–H and O–H groups in total. The van der Waals surface area contributed by atoms with Crippen molar-refractivity contribution < 1.29 is 24.2 Å². The molecule has 0 radical (unpaired) electrons. The van der Waals surface area contributed by atoms with E-state index in [1.165, 1.54) is 7.05 Å². The molecule has 0 fully saturated rings. The number of carbonyl (C=O) groups excluding carboxylic acids is 2. The second-order valence-corrected chi connectivity index (χ2v) is 8.86. The van der Waals surface area contributed by atoms with Gasteiger partial charge in [0.15, 0.2) is 0 Å². The Labute approximate surface area is 182 Å². The number of likely N-dealkylation sites (N-methyl/N-ethyl adjacent to an activating group) is 1. The van der Waals surface area contributed by atoms with Crippen LogP contribution >= 0.6 is 0 Å². The molecule has 7 nitrogen and oxygen atoms in total. The van der Waals surface area contributed by atoms with Crippen molar-refractivity contribution in [3.8, 4) is 11.1 Å². The Kier molecular flexibility index (Phi) is 6.34. The molecular formula is C24H28N2O5. The summed E-state index contributed by atoms with van der Waals surface area (Å²) < 4.78 is 5.54. The standard InChI is InChI=1S/C24H28N2O5/c1-24(2,3)21(22(29)26(4)13-20(27)28)25-23(30)31-14-19-17-11-7-5-9-15(17)16-10-6-8-12-18(16)19/h5-12,19,21H,13-14H2,1-4H3,(H,25,30)(H,27,28). The first kappa shape index (κ1) is 22.3. The van der Waals surface area contributed by atoms with Crippen LogP contribution in [0.4, 0.5) is 4.79 Å². The lowest BCUT2D eigenvalue weighted by Crippen LogP contribution is -2.54. The topological polar surface area (TPSA) is 95.9 Å². The van der Waals surface area contributed by atoms with Gasteiger partial charge in [-0.05, 0) is 27.7 Å². The number of amides is 2. The maximum Gasteiger partial charge on any atom is 0.407 e. The van der Waals surface area contributed by atoms with Crippen molar-refractivity contribution in [1.82, 2.24) is 10.2 Å². The first-order valence-corrected chi connectivity index (χ1v) is 10.2. The molecule has 2 amide bonds. The summed E-state index contributed by atoms with van der Waals surface area (Å²) in [5.41, 5.74) is 3.83. The summed E-state index contributed by atoms with van der Waals surface area (Å²) in [4.78, 5) is 37.4. The van der Waals surface area contributed by atoms with E-state index in [4.69, 9.17) is 9.84 Å². The largest absolute Gasteiger partial charge is 0.480 e. The number of nitrogens with one attached hydrogen (secondary N) is 1. The third-order valence-corrected chi connectivity index (χ3v) is 5.47. The van der Waals surface area contributed by atoms with Gasteiger partial charge in [-0.2, -0.15) is 0 Å². The summed E-state index contributed by atoms with van der Waals surface area (Å²) in [6, 6.07) is 15.1. The Hall–Kier alpha value is -3.35. The first-order valence-electron chi connectivity index (χ1n) is 10.2. The number of hydrogen-bond acceptors (Lipinski definition) is 4. The third-order valence-electron chi connectivity index (χ3n) is 5.47. The van der Waals surface area contributed by atoms with Crippen molar-refractivity contribution >= 4 is 18.0 Å². The van der Waals surface area contributed by atoms with Gasteiger partial charge in [-0.1, -0.05) is 69.3 Å². The van der Waals surface area contributed by atoms with Crippen molar-refractivity contribution in [2.24, 2.45) is 5.41 Å². The maximum absolute atomic E-state index is 12.7. The van der Waals surface area contributed by atoms with Crippen LogP contribution in [0.2, 0.25) is 0 Å². The minimum Gasteiger partial charge on any atom is -0.480 e. The number of rotatable bonds is 6. The van der Waals surface area contributed by atoms with Crippen LogP contribution in [0.1, 0.15) is 37.8 Å². The molecule has 3 rings (SSSR count). The molecule has 164 valence electrons. The number of aliphatic carboxylic acids is 1. The van der Waals surface area contributed by atoms with Crippen LogP contribution in [0, 0.1) is 5.41 Å². The van der Waals surface area contributed by atoms with Gasteiger partial charge in [-0.3, -0.25) is 9.59 Å². The maximum atomic E-state index is 12.7. The highest BCUT2D eigenvalue weighted by molar-refractivity contribution is 5.88. The summed E-state index contributed by atoms with van der Waals surface area (Å²) in [6.45, 7) is 5.09. The second-order valence-electron chi connectivity index (χ2n) is 8.86. The summed E-state index contributed by atoms with van der Waals surface area (Å²) in [5.74, 6) is -1.69. The molecule has 0 aliphatic heterocycles. The zero-order valence-electron chi connectivity index (χ0n) is 18.2. The predicted molar refractivity (Wildman–Crippen MR) is 117 cm³/mol. The van der Waals surface area contributed by atoms with Crippen LogP contribution in [0.3, 0.4) is 0 Å². The van der Waals surface area contributed by atoms with Gasteiger partial charge in [0.2, 0.25) is 5.91 Å². The highest BCUT2D eigenvalue weighted by atomic mass is 16.5. The van der Waals surface area contributed by atoms with Crippen LogP contribution in [-0.2, 0) is 14.3 Å². The molecule has 1 aliphatic carbocycles. The molecule has 1 aliphatic rings. The summed E-state index contributed by atoms with van der Waals surface area (Å²) >= 11 is 0. The van der Waals surface area contributed by atoms with E-state index >= 15 is 0 Å². The van der Waals surface area contributed by atoms with E-state index < -0.39 is 36.0 Å². The lowest BCUT2D eigenvalue weighted by atomic mass is 9.86. The van der Waals surface area contributed by atoms with Gasteiger partial charge < -0.3 is 20.1 Å². The van der Waals surface area contributed by atoms with Gasteiger partial charge in [0.05, 0.1) is 0 Å². The molecular weight excluding hydrogens is 396 g/mol. The van der Waals surface area contributed by atoms with Gasteiger partial charge in [0.25, 0.3) is 0 Å². The van der Waals surface area contributed by atoms with E-state index in [1.54, 1.807) is 20.8 Å². The number of carboxylic acid groups (broad SMARTS) is 1. The van der Waals surface area contributed by atoms with E-state index in [2.05, 4.69) is 17.4 Å². The van der Waals surface area contributed by atoms with Crippen LogP contribution in [0.5, 0.6) is 0 Å². The van der Waals surface area contributed by atoms with Gasteiger partial charge >= 0.3 is 12.1 Å². The highest BCUT2D eigenvalue weighted by Crippen LogP contribution is 2.44. The predicted octanol–water partition coefficient (Wildman–Crippen LogP) is 3.48. The highest BCUT2D eigenvalue weighted by Gasteiger charge is 2.36. The summed E-state index contributed by atoms with van der Waals surface area (Å²) in [6.07, 6.45) is -0.709. The lowest BCUT2D eigenvalue weighted by molar-refractivity contribution is -0.145. The van der Waals surface area contributed by atoms with Gasteiger partial charge in [0, 0.05) is 13.0 Å². The molecule has 0 bridgehead atoms. The fourth-order valence-corrected chi connectivity index (χ4v) is 3.91. The Balaban J connectivity index is 1.71. The molecule has 0 saturated heterocycles. The van der Waals surface area contributed by atoms with Crippen molar-refractivity contribution in [1.29, 1.82) is 0 Å². The van der Waals surface area contributed by atoms with Crippen molar-refractivity contribution in [2.75, 3.05) is 20.2 Å². The Bertz CT molecular complexity index is 950. The molecule has 0 aromatic heterocycles. The molecule has 0 heterocycles. The van der Waals surface area contributed by atoms with Crippen LogP contribution in [0.25, 0.3) is 11.1 Å². The number of carbonyl (C=O) groups is 3. The van der Waals surface area contributed by atoms with Gasteiger partial charge in [-0.25, -0.2) is 4.79 Å². The van der Waals surface area contributed by atoms with Crippen LogP contribution < -0.4 is 5.32 Å². The average Bonchev–Trinajstić information content (AvgIpc) is 3.02. The Morgan fingerprint density at radius 2 is 1.55 bits per heavy atom. The fraction of sp³-hybridized carbons (Fsp3) is 0.375. The van der Waals surface area contributed by atoms with E-state index in [1.807, 2.05) is 36.4 Å². The van der Waals surface area contributed by atoms with Crippen LogP contribution in [-0.4, -0.2) is 54.2 Å². The molecule has 1 atom stereocenters. The fourth-order valence-electron chi connectivity index (χ4n) is 3.91. The molecule has 31 heavy (non-hydrogen) atoms. The summed E-state index contributed by atoms with van der Waals surface area (Å²) in [5, 5.41) is 11.6. The number of carboxylic acids is 1. The third kappa shape index (κ3) is 4.87. The van der Waals surface area contributed by atoms with E-state index in [9.17, 15) is 14.4 Å². The first-order chi connectivity index (χ1) is 14.6. The Morgan fingerprint density at radius 3 is 2.03 bits per heavy atom. The zero-order valence-corrected chi connectivity index (χ0v) is 18.2. The van der Waals surface area contributed by atoms with Crippen molar-refractivity contribution in [2.45, 2.75) is 32.7 Å². The number of nitrogens with zero attached hydrogens (tertiary/aromatic N) is 1. The van der Waals surface area contributed by atoms with E-state index in [0.717, 1.165) is 27.2 Å². The monoisotopic (exact) mass is 424 g/mol. The minimum absolute atomic E-state index is 0.0865. The molecule has 0 saturated carbocycles. The number of ether oxygens (including phenoxy) is 1. The quantitative estimate of drug-likeness (QED) is 0.740. The number of hydrogen-bond donors (Lipinski definition) is 2. The van der Waals surface area contributed by atoms with Crippen molar-refractivity contribution in [3.05, 3.63) is 59.7 Å². The van der Waals surface area contributed by atoms with E-state index in [-0.39, 0.29) is 12.5 Å². The van der Waals surface area contributed by atoms with Crippen molar-refractivity contribution in [3.63, 3.8) is 0 Å². The number of alkyl carbamates (subject to hydrolysis) is 1. The zero-order chi connectivity index (χ0) is 22.8. The average molecular weight is 424 g/mol.